The molecule has 0 spiro atoms. The van der Waals surface area contributed by atoms with E-state index in [0.29, 0.717) is 50.6 Å². The third-order valence-corrected chi connectivity index (χ3v) is 7.87. The van der Waals surface area contributed by atoms with Crippen molar-refractivity contribution in [2.45, 2.75) is 19.8 Å². The summed E-state index contributed by atoms with van der Waals surface area (Å²) < 4.78 is 41.5. The van der Waals surface area contributed by atoms with E-state index >= 15 is 0 Å². The molecule has 0 saturated heterocycles. The van der Waals surface area contributed by atoms with Crippen molar-refractivity contribution in [2.75, 3.05) is 48.9 Å². The number of nitrogens with one attached hydrogen (secondary N) is 3. The first kappa shape index (κ1) is 32.4. The molecule has 0 unspecified atom stereocenters. The molecule has 13 heteroatoms. The van der Waals surface area contributed by atoms with Gasteiger partial charge in [0.05, 0.1) is 22.0 Å². The van der Waals surface area contributed by atoms with Crippen molar-refractivity contribution >= 4 is 45.4 Å². The fraction of sp³-hybridized carbons (Fsp3) is 0.212. The number of carbonyl (C=O) groups excluding carboxylic acids is 1. The Morgan fingerprint density at radius 1 is 0.978 bits per heavy atom. The van der Waals surface area contributed by atoms with Gasteiger partial charge >= 0.3 is 0 Å². The molecule has 0 fully saturated rings. The number of carbonyl (C=O) groups is 1. The van der Waals surface area contributed by atoms with Gasteiger partial charge in [-0.25, -0.2) is 28.1 Å². The first-order valence-corrected chi connectivity index (χ1v) is 15.3. The van der Waals surface area contributed by atoms with Gasteiger partial charge in [0.1, 0.15) is 19.2 Å². The number of hydrogen-bond donors (Lipinski definition) is 4. The molecule has 0 saturated carbocycles. The Balaban J connectivity index is 1.34. The maximum absolute atomic E-state index is 14.8. The zero-order valence-corrected chi connectivity index (χ0v) is 26.1. The average molecular weight is 647 g/mol. The minimum Gasteiger partial charge on any atom is -0.383 e. The van der Waals surface area contributed by atoms with E-state index in [1.54, 1.807) is 42.6 Å². The number of halogens is 3. The number of rotatable bonds is 13. The Labute approximate surface area is 268 Å². The number of nitrogens with two attached hydrogens (primary N) is 1. The fourth-order valence-corrected chi connectivity index (χ4v) is 5.54. The van der Waals surface area contributed by atoms with Gasteiger partial charge in [-0.3, -0.25) is 4.79 Å². The van der Waals surface area contributed by atoms with Crippen LogP contribution in [-0.4, -0.2) is 52.9 Å². The van der Waals surface area contributed by atoms with Crippen LogP contribution in [0.4, 0.5) is 41.3 Å². The van der Waals surface area contributed by atoms with Crippen LogP contribution in [0.5, 0.6) is 0 Å². The van der Waals surface area contributed by atoms with E-state index in [9.17, 15) is 18.0 Å². The number of nitrogens with zero attached hydrogens (tertiary/aromatic N) is 4. The van der Waals surface area contributed by atoms with Crippen molar-refractivity contribution in [2.24, 2.45) is 0 Å². The zero-order valence-electron chi connectivity index (χ0n) is 25.3. The summed E-state index contributed by atoms with van der Waals surface area (Å²) >= 11 is 1.23. The fourth-order valence-electron chi connectivity index (χ4n) is 4.71. The van der Waals surface area contributed by atoms with Crippen molar-refractivity contribution in [3.63, 3.8) is 0 Å². The number of alkyl halides is 2. The molecule has 5 aromatic rings. The highest BCUT2D eigenvalue weighted by atomic mass is 32.1. The summed E-state index contributed by atoms with van der Waals surface area (Å²) in [6.45, 7) is -0.0792. The van der Waals surface area contributed by atoms with E-state index in [2.05, 4.69) is 35.8 Å². The zero-order chi connectivity index (χ0) is 32.6. The molecule has 1 amide bonds. The smallest absolute Gasteiger partial charge is 0.256 e. The maximum Gasteiger partial charge on any atom is 0.256 e. The highest BCUT2D eigenvalue weighted by Gasteiger charge is 2.18. The molecule has 9 nitrogen and oxygen atoms in total. The van der Waals surface area contributed by atoms with Gasteiger partial charge in [-0.15, -0.1) is 0 Å². The van der Waals surface area contributed by atoms with E-state index in [-0.39, 0.29) is 22.6 Å². The van der Waals surface area contributed by atoms with Crippen molar-refractivity contribution in [1.82, 2.24) is 19.9 Å². The Hall–Kier alpha value is -5.01. The molecule has 5 N–H and O–H groups in total. The minimum atomic E-state index is -0.860. The van der Waals surface area contributed by atoms with Crippen molar-refractivity contribution < 1.29 is 18.0 Å². The first-order chi connectivity index (χ1) is 22.2. The topological polar surface area (TPSA) is 121 Å². The van der Waals surface area contributed by atoms with Crippen molar-refractivity contribution in [3.05, 3.63) is 95.4 Å². The van der Waals surface area contributed by atoms with Crippen LogP contribution in [0.3, 0.4) is 0 Å². The second-order valence-electron chi connectivity index (χ2n) is 10.7. The predicted octanol–water partition coefficient (Wildman–Crippen LogP) is 7.29. The molecule has 5 rings (SSSR count). The summed E-state index contributed by atoms with van der Waals surface area (Å²) in [6, 6.07) is 17.7. The van der Waals surface area contributed by atoms with E-state index in [4.69, 9.17) is 5.73 Å². The summed E-state index contributed by atoms with van der Waals surface area (Å²) in [5.41, 5.74) is 9.67. The molecule has 0 radical (unpaired) electrons. The lowest BCUT2D eigenvalue weighted by Crippen LogP contribution is -2.16. The summed E-state index contributed by atoms with van der Waals surface area (Å²) in [4.78, 5) is 29.2. The van der Waals surface area contributed by atoms with Crippen LogP contribution < -0.4 is 21.7 Å². The monoisotopic (exact) mass is 646 g/mol. The van der Waals surface area contributed by atoms with E-state index in [1.807, 2.05) is 20.2 Å². The van der Waals surface area contributed by atoms with Crippen LogP contribution in [0, 0.1) is 5.82 Å². The quantitative estimate of drug-likeness (QED) is 0.0985. The normalized spacial score (nSPS) is 11.1. The van der Waals surface area contributed by atoms with Crippen molar-refractivity contribution in [3.8, 4) is 21.8 Å². The predicted molar refractivity (Wildman–Crippen MR) is 178 cm³/mol. The standard InChI is InChI=1S/C33H33F3N8OS/c1-44(2)14-4-12-38-27-10-9-24(17-26(27)36)41-33-39-13-11-28(42-33)30-29(43-32(37)46-30)21-5-3-6-23(16-21)40-31(45)25-15-20(18-34)7-8-22(25)19-35/h3,5-11,13,15-17,38H,4,12,14,18-19H2,1-2H3,(H2,37,43)(H,40,45)(H,39,41,42). The molecule has 0 bridgehead atoms. The molecule has 2 heterocycles. The van der Waals surface area contributed by atoms with Crippen LogP contribution in [0.1, 0.15) is 27.9 Å². The summed E-state index contributed by atoms with van der Waals surface area (Å²) in [5.74, 6) is -0.706. The molecule has 0 aliphatic heterocycles. The van der Waals surface area contributed by atoms with Crippen LogP contribution >= 0.6 is 11.3 Å². The number of thiazole rings is 1. The third-order valence-electron chi connectivity index (χ3n) is 6.97. The van der Waals surface area contributed by atoms with Crippen molar-refractivity contribution in [1.29, 1.82) is 0 Å². The van der Waals surface area contributed by atoms with Gasteiger partial charge in [-0.1, -0.05) is 35.6 Å². The third kappa shape index (κ3) is 7.98. The lowest BCUT2D eigenvalue weighted by Gasteiger charge is -2.12. The molecule has 46 heavy (non-hydrogen) atoms. The highest BCUT2D eigenvalue weighted by Crippen LogP contribution is 2.38. The minimum absolute atomic E-state index is 0.0634. The number of nitrogen functional groups attached to an aromatic ring is 1. The molecule has 0 atom stereocenters. The molecule has 238 valence electrons. The molecule has 3 aromatic carbocycles. The van der Waals surface area contributed by atoms with Gasteiger partial charge in [0, 0.05) is 35.2 Å². The molecular formula is C33H33F3N8OS. The van der Waals surface area contributed by atoms with E-state index in [1.165, 1.54) is 35.6 Å². The number of aromatic nitrogens is 3. The van der Waals surface area contributed by atoms with Crippen LogP contribution in [0.25, 0.3) is 21.8 Å². The summed E-state index contributed by atoms with van der Waals surface area (Å²) in [5, 5.41) is 9.24. The van der Waals surface area contributed by atoms with Gasteiger partial charge < -0.3 is 26.6 Å². The molecule has 2 aromatic heterocycles. The first-order valence-electron chi connectivity index (χ1n) is 14.4. The largest absolute Gasteiger partial charge is 0.383 e. The number of amides is 1. The number of anilines is 5. The average Bonchev–Trinajstić information content (AvgIpc) is 3.45. The van der Waals surface area contributed by atoms with Crippen LogP contribution in [-0.2, 0) is 13.3 Å². The second kappa shape index (κ2) is 14.8. The Morgan fingerprint density at radius 3 is 2.59 bits per heavy atom. The van der Waals surface area contributed by atoms with E-state index in [0.717, 1.165) is 13.0 Å². The maximum atomic E-state index is 14.8. The second-order valence-corrected chi connectivity index (χ2v) is 11.7. The van der Waals surface area contributed by atoms with Gasteiger partial charge in [0.2, 0.25) is 5.95 Å². The lowest BCUT2D eigenvalue weighted by molar-refractivity contribution is 0.102. The number of benzene rings is 3. The highest BCUT2D eigenvalue weighted by molar-refractivity contribution is 7.19. The van der Waals surface area contributed by atoms with Crippen LogP contribution in [0.2, 0.25) is 0 Å². The van der Waals surface area contributed by atoms with Gasteiger partial charge in [-0.2, -0.15) is 0 Å². The SMILES string of the molecule is CN(C)CCCNc1ccc(Nc2nccc(-c3sc(N)nc3-c3cccc(NC(=O)c4cc(CF)ccc4CF)c3)n2)cc1F. The lowest BCUT2D eigenvalue weighted by atomic mass is 10.0. The Kier molecular flexibility index (Phi) is 10.5. The Bertz CT molecular complexity index is 1830. The van der Waals surface area contributed by atoms with Gasteiger partial charge in [0.25, 0.3) is 5.91 Å². The van der Waals surface area contributed by atoms with Crippen LogP contribution in [0.15, 0.2) is 72.9 Å². The molecule has 0 aliphatic carbocycles. The van der Waals surface area contributed by atoms with E-state index < -0.39 is 25.1 Å². The number of hydrogen-bond acceptors (Lipinski definition) is 9. The summed E-state index contributed by atoms with van der Waals surface area (Å²) in [7, 11) is 3.99. The van der Waals surface area contributed by atoms with Gasteiger partial charge in [-0.05, 0) is 80.7 Å². The molecule has 0 aliphatic rings. The Morgan fingerprint density at radius 2 is 1.83 bits per heavy atom. The van der Waals surface area contributed by atoms with Gasteiger partial charge in [0.15, 0.2) is 5.13 Å². The molecular weight excluding hydrogens is 613 g/mol. The summed E-state index contributed by atoms with van der Waals surface area (Å²) in [6.07, 6.45) is 2.46.